The van der Waals surface area contributed by atoms with Gasteiger partial charge in [-0.3, -0.25) is 9.88 Å². The molecular weight excluding hydrogens is 294 g/mol. The van der Waals surface area contributed by atoms with E-state index < -0.39 is 0 Å². The molecule has 2 aromatic rings. The third kappa shape index (κ3) is 4.14. The van der Waals surface area contributed by atoms with Crippen LogP contribution in [0.1, 0.15) is 22.1 Å². The molecule has 22 heavy (non-hydrogen) atoms. The smallest absolute Gasteiger partial charge is 0.0967 e. The van der Waals surface area contributed by atoms with Gasteiger partial charge in [-0.25, -0.2) is 0 Å². The summed E-state index contributed by atoms with van der Waals surface area (Å²) in [5.74, 6) is 0. The fourth-order valence-corrected chi connectivity index (χ4v) is 3.71. The molecule has 1 saturated heterocycles. The Morgan fingerprint density at radius 1 is 1.45 bits per heavy atom. The van der Waals surface area contributed by atoms with Crippen LogP contribution in [-0.2, 0) is 17.8 Å². The Hall–Kier alpha value is -1.27. The second-order valence-electron chi connectivity index (χ2n) is 6.04. The Morgan fingerprint density at radius 2 is 2.36 bits per heavy atom. The molecule has 118 valence electrons. The fourth-order valence-electron chi connectivity index (χ4n) is 2.79. The number of hydrogen-bond acceptors (Lipinski definition) is 5. The molecule has 2 aromatic heterocycles. The molecular formula is C17H23N3OS. The Bertz CT molecular complexity index is 585. The first-order valence-corrected chi connectivity index (χ1v) is 8.53. The summed E-state index contributed by atoms with van der Waals surface area (Å²) in [6.45, 7) is 4.75. The number of rotatable bonds is 5. The zero-order chi connectivity index (χ0) is 15.4. The fraction of sp³-hybridized carbons (Fsp3) is 0.471. The summed E-state index contributed by atoms with van der Waals surface area (Å²) in [5.41, 5.74) is 2.58. The molecule has 0 N–H and O–H groups in total. The van der Waals surface area contributed by atoms with Crippen LogP contribution < -0.4 is 0 Å². The third-order valence-corrected chi connectivity index (χ3v) is 4.76. The molecule has 0 aromatic carbocycles. The van der Waals surface area contributed by atoms with Crippen molar-refractivity contribution in [1.82, 2.24) is 14.8 Å². The molecule has 0 aliphatic carbocycles. The van der Waals surface area contributed by atoms with E-state index in [0.717, 1.165) is 32.8 Å². The van der Waals surface area contributed by atoms with Gasteiger partial charge in [0, 0.05) is 49.0 Å². The van der Waals surface area contributed by atoms with E-state index >= 15 is 0 Å². The minimum atomic E-state index is 0.142. The highest BCUT2D eigenvalue weighted by Crippen LogP contribution is 2.24. The molecule has 0 amide bonds. The van der Waals surface area contributed by atoms with E-state index in [1.54, 1.807) is 0 Å². The van der Waals surface area contributed by atoms with Crippen molar-refractivity contribution in [1.29, 1.82) is 0 Å². The van der Waals surface area contributed by atoms with Crippen LogP contribution in [0.5, 0.6) is 0 Å². The average Bonchev–Trinajstić information content (AvgIpc) is 2.94. The Balaban J connectivity index is 1.59. The number of morpholine rings is 1. The van der Waals surface area contributed by atoms with Gasteiger partial charge in [0.1, 0.15) is 0 Å². The number of pyridine rings is 1. The molecule has 3 rings (SSSR count). The average molecular weight is 317 g/mol. The standard InChI is InChI=1S/C17H23N3OS/c1-19(2)10-14-8-16(22-13-14)11-20-6-7-21-17(12-20)15-4-3-5-18-9-15/h3-5,8-9,13,17H,6-7,10-12H2,1-2H3. The molecule has 0 saturated carbocycles. The molecule has 1 aliphatic rings. The van der Waals surface area contributed by atoms with E-state index in [0.29, 0.717) is 0 Å². The maximum absolute atomic E-state index is 5.90. The molecule has 4 nitrogen and oxygen atoms in total. The third-order valence-electron chi connectivity index (χ3n) is 3.79. The van der Waals surface area contributed by atoms with Gasteiger partial charge in [0.2, 0.25) is 0 Å². The van der Waals surface area contributed by atoms with Gasteiger partial charge in [0.25, 0.3) is 0 Å². The lowest BCUT2D eigenvalue weighted by Gasteiger charge is -2.32. The summed E-state index contributed by atoms with van der Waals surface area (Å²) in [6, 6.07) is 6.41. The maximum Gasteiger partial charge on any atom is 0.0967 e. The molecule has 5 heteroatoms. The predicted molar refractivity (Wildman–Crippen MR) is 89.9 cm³/mol. The van der Waals surface area contributed by atoms with Crippen LogP contribution in [0.2, 0.25) is 0 Å². The number of nitrogens with zero attached hydrogens (tertiary/aromatic N) is 3. The molecule has 0 spiro atoms. The van der Waals surface area contributed by atoms with Gasteiger partial charge >= 0.3 is 0 Å². The normalized spacial score (nSPS) is 19.7. The highest BCUT2D eigenvalue weighted by Gasteiger charge is 2.22. The van der Waals surface area contributed by atoms with E-state index in [4.69, 9.17) is 4.74 Å². The monoisotopic (exact) mass is 317 g/mol. The van der Waals surface area contributed by atoms with Crippen molar-refractivity contribution < 1.29 is 4.74 Å². The minimum absolute atomic E-state index is 0.142. The number of aromatic nitrogens is 1. The summed E-state index contributed by atoms with van der Waals surface area (Å²) in [7, 11) is 4.22. The molecule has 0 bridgehead atoms. The topological polar surface area (TPSA) is 28.6 Å². The highest BCUT2D eigenvalue weighted by atomic mass is 32.1. The molecule has 1 unspecified atom stereocenters. The minimum Gasteiger partial charge on any atom is -0.371 e. The molecule has 1 aliphatic heterocycles. The predicted octanol–water partition coefficient (Wildman–Crippen LogP) is 2.78. The van der Waals surface area contributed by atoms with E-state index in [-0.39, 0.29) is 6.10 Å². The second kappa shape index (κ2) is 7.33. The van der Waals surface area contributed by atoms with E-state index in [1.807, 2.05) is 29.8 Å². The first-order valence-electron chi connectivity index (χ1n) is 7.65. The summed E-state index contributed by atoms with van der Waals surface area (Å²) in [5, 5.41) is 2.27. The van der Waals surface area contributed by atoms with E-state index in [9.17, 15) is 0 Å². The summed E-state index contributed by atoms with van der Waals surface area (Å²) in [4.78, 5) is 10.3. The van der Waals surface area contributed by atoms with Crippen LogP contribution in [0.4, 0.5) is 0 Å². The molecule has 1 atom stereocenters. The molecule has 3 heterocycles. The van der Waals surface area contributed by atoms with Crippen LogP contribution in [0.25, 0.3) is 0 Å². The van der Waals surface area contributed by atoms with Gasteiger partial charge < -0.3 is 9.64 Å². The van der Waals surface area contributed by atoms with Crippen LogP contribution in [0.3, 0.4) is 0 Å². The summed E-state index contributed by atoms with van der Waals surface area (Å²) < 4.78 is 5.90. The molecule has 0 radical (unpaired) electrons. The number of thiophene rings is 1. The van der Waals surface area contributed by atoms with Crippen molar-refractivity contribution in [3.05, 3.63) is 52.0 Å². The van der Waals surface area contributed by atoms with Crippen molar-refractivity contribution in [2.45, 2.75) is 19.2 Å². The maximum atomic E-state index is 5.90. The van der Waals surface area contributed by atoms with Crippen LogP contribution in [-0.4, -0.2) is 48.6 Å². The van der Waals surface area contributed by atoms with Crippen LogP contribution in [0.15, 0.2) is 36.0 Å². The van der Waals surface area contributed by atoms with Crippen molar-refractivity contribution in [2.24, 2.45) is 0 Å². The van der Waals surface area contributed by atoms with Crippen molar-refractivity contribution in [3.63, 3.8) is 0 Å². The lowest BCUT2D eigenvalue weighted by atomic mass is 10.1. The zero-order valence-corrected chi connectivity index (χ0v) is 14.1. The summed E-state index contributed by atoms with van der Waals surface area (Å²) >= 11 is 1.86. The Morgan fingerprint density at radius 3 is 3.14 bits per heavy atom. The SMILES string of the molecule is CN(C)Cc1csc(CN2CCOC(c3cccnc3)C2)c1. The van der Waals surface area contributed by atoms with Gasteiger partial charge in [0.05, 0.1) is 12.7 Å². The first kappa shape index (κ1) is 15.6. The zero-order valence-electron chi connectivity index (χ0n) is 13.2. The van der Waals surface area contributed by atoms with Gasteiger partial charge in [-0.1, -0.05) is 6.07 Å². The first-order chi connectivity index (χ1) is 10.7. The highest BCUT2D eigenvalue weighted by molar-refractivity contribution is 7.10. The Labute approximate surface area is 136 Å². The van der Waals surface area contributed by atoms with Gasteiger partial charge in [0.15, 0.2) is 0 Å². The second-order valence-corrected chi connectivity index (χ2v) is 7.04. The van der Waals surface area contributed by atoms with Crippen molar-refractivity contribution in [2.75, 3.05) is 33.8 Å². The van der Waals surface area contributed by atoms with Crippen LogP contribution >= 0.6 is 11.3 Å². The van der Waals surface area contributed by atoms with Gasteiger partial charge in [-0.2, -0.15) is 0 Å². The van der Waals surface area contributed by atoms with Gasteiger partial charge in [-0.15, -0.1) is 11.3 Å². The van der Waals surface area contributed by atoms with Crippen molar-refractivity contribution in [3.8, 4) is 0 Å². The lowest BCUT2D eigenvalue weighted by Crippen LogP contribution is -2.37. The summed E-state index contributed by atoms with van der Waals surface area (Å²) in [6.07, 6.45) is 3.86. The largest absolute Gasteiger partial charge is 0.371 e. The van der Waals surface area contributed by atoms with E-state index in [2.05, 4.69) is 46.4 Å². The van der Waals surface area contributed by atoms with Crippen LogP contribution in [0, 0.1) is 0 Å². The number of hydrogen-bond donors (Lipinski definition) is 0. The number of ether oxygens (including phenoxy) is 1. The van der Waals surface area contributed by atoms with Crippen molar-refractivity contribution >= 4 is 11.3 Å². The van der Waals surface area contributed by atoms with E-state index in [1.165, 1.54) is 16.0 Å². The molecule has 1 fully saturated rings. The van der Waals surface area contributed by atoms with Gasteiger partial charge in [-0.05, 0) is 37.2 Å². The quantitative estimate of drug-likeness (QED) is 0.848. The Kier molecular flexibility index (Phi) is 5.20. The lowest BCUT2D eigenvalue weighted by molar-refractivity contribution is -0.0327.